The minimum atomic E-state index is -0.505. The van der Waals surface area contributed by atoms with Gasteiger partial charge in [-0.25, -0.2) is 4.79 Å². The van der Waals surface area contributed by atoms with Crippen molar-refractivity contribution < 1.29 is 14.3 Å². The number of amides is 1. The Bertz CT molecular complexity index is 641. The molecule has 2 aromatic carbocycles. The van der Waals surface area contributed by atoms with Crippen molar-refractivity contribution in [3.63, 3.8) is 0 Å². The molecule has 0 bridgehead atoms. The predicted molar refractivity (Wildman–Crippen MR) is 84.8 cm³/mol. The van der Waals surface area contributed by atoms with Gasteiger partial charge in [0.1, 0.15) is 6.61 Å². The largest absolute Gasteiger partial charge is 0.445 e. The Morgan fingerprint density at radius 2 is 1.73 bits per heavy atom. The highest BCUT2D eigenvalue weighted by atomic mass is 35.5. The Hall–Kier alpha value is -2.33. The first-order valence-electron chi connectivity index (χ1n) is 6.83. The minimum Gasteiger partial charge on any atom is -0.445 e. The monoisotopic (exact) mass is 317 g/mol. The SMILES string of the molecule is C[C@@H](NC(=O)OCc1ccccc1)c1ccc(C(=O)Cl)cc1. The minimum absolute atomic E-state index is 0.221. The van der Waals surface area contributed by atoms with E-state index in [1.54, 1.807) is 24.3 Å². The molecule has 0 fully saturated rings. The first kappa shape index (κ1) is 16.0. The number of ether oxygens (including phenoxy) is 1. The zero-order chi connectivity index (χ0) is 15.9. The zero-order valence-corrected chi connectivity index (χ0v) is 12.8. The first-order valence-corrected chi connectivity index (χ1v) is 7.21. The Morgan fingerprint density at radius 1 is 1.09 bits per heavy atom. The van der Waals surface area contributed by atoms with Gasteiger partial charge in [-0.3, -0.25) is 4.79 Å². The van der Waals surface area contributed by atoms with Gasteiger partial charge in [-0.15, -0.1) is 0 Å². The molecular formula is C17H16ClNO3. The fraction of sp³-hybridized carbons (Fsp3) is 0.176. The van der Waals surface area contributed by atoms with Gasteiger partial charge in [-0.1, -0.05) is 42.5 Å². The van der Waals surface area contributed by atoms with Crippen molar-refractivity contribution >= 4 is 22.9 Å². The van der Waals surface area contributed by atoms with E-state index in [9.17, 15) is 9.59 Å². The third kappa shape index (κ3) is 4.60. The molecule has 2 aromatic rings. The van der Waals surface area contributed by atoms with Gasteiger partial charge in [0.15, 0.2) is 0 Å². The molecular weight excluding hydrogens is 302 g/mol. The summed E-state index contributed by atoms with van der Waals surface area (Å²) >= 11 is 5.39. The number of benzene rings is 2. The summed E-state index contributed by atoms with van der Waals surface area (Å²) in [7, 11) is 0. The first-order chi connectivity index (χ1) is 10.6. The highest BCUT2D eigenvalue weighted by Crippen LogP contribution is 2.15. The van der Waals surface area contributed by atoms with E-state index in [0.717, 1.165) is 11.1 Å². The average molecular weight is 318 g/mol. The maximum atomic E-state index is 11.8. The van der Waals surface area contributed by atoms with E-state index in [2.05, 4.69) is 5.32 Å². The fourth-order valence-electron chi connectivity index (χ4n) is 1.93. The lowest BCUT2D eigenvalue weighted by atomic mass is 10.1. The maximum absolute atomic E-state index is 11.8. The van der Waals surface area contributed by atoms with Crippen molar-refractivity contribution in [1.82, 2.24) is 5.32 Å². The van der Waals surface area contributed by atoms with Crippen molar-refractivity contribution in [1.29, 1.82) is 0 Å². The topological polar surface area (TPSA) is 55.4 Å². The summed E-state index contributed by atoms with van der Waals surface area (Å²) < 4.78 is 5.16. The summed E-state index contributed by atoms with van der Waals surface area (Å²) in [5.74, 6) is 0. The zero-order valence-electron chi connectivity index (χ0n) is 12.1. The lowest BCUT2D eigenvalue weighted by Crippen LogP contribution is -2.27. The van der Waals surface area contributed by atoms with Crippen LogP contribution in [0, 0.1) is 0 Å². The van der Waals surface area contributed by atoms with Crippen LogP contribution in [0.2, 0.25) is 0 Å². The second kappa shape index (κ2) is 7.61. The number of rotatable bonds is 5. The van der Waals surface area contributed by atoms with Crippen LogP contribution in [0.15, 0.2) is 54.6 Å². The molecule has 5 heteroatoms. The summed E-state index contributed by atoms with van der Waals surface area (Å²) in [4.78, 5) is 22.8. The normalized spacial score (nSPS) is 11.5. The molecule has 0 aliphatic rings. The van der Waals surface area contributed by atoms with Crippen LogP contribution in [0.5, 0.6) is 0 Å². The van der Waals surface area contributed by atoms with Gasteiger partial charge >= 0.3 is 6.09 Å². The molecule has 4 nitrogen and oxygen atoms in total. The van der Waals surface area contributed by atoms with Gasteiger partial charge in [-0.2, -0.15) is 0 Å². The smallest absolute Gasteiger partial charge is 0.407 e. The highest BCUT2D eigenvalue weighted by molar-refractivity contribution is 6.67. The molecule has 0 aliphatic carbocycles. The lowest BCUT2D eigenvalue weighted by Gasteiger charge is -2.14. The number of alkyl carbamates (subject to hydrolysis) is 1. The average Bonchev–Trinajstić information content (AvgIpc) is 2.54. The van der Waals surface area contributed by atoms with Crippen molar-refractivity contribution in [2.45, 2.75) is 19.6 Å². The van der Waals surface area contributed by atoms with Crippen molar-refractivity contribution in [3.8, 4) is 0 Å². The van der Waals surface area contributed by atoms with E-state index in [1.165, 1.54) is 0 Å². The predicted octanol–water partition coefficient (Wildman–Crippen LogP) is 4.05. The van der Waals surface area contributed by atoms with E-state index < -0.39 is 11.3 Å². The number of carbonyl (C=O) groups is 2. The van der Waals surface area contributed by atoms with Crippen molar-refractivity contribution in [3.05, 3.63) is 71.3 Å². The van der Waals surface area contributed by atoms with Gasteiger partial charge in [0.05, 0.1) is 6.04 Å². The van der Waals surface area contributed by atoms with Crippen molar-refractivity contribution in [2.24, 2.45) is 0 Å². The number of nitrogens with one attached hydrogen (secondary N) is 1. The Kier molecular flexibility index (Phi) is 5.55. The van der Waals surface area contributed by atoms with Crippen LogP contribution < -0.4 is 5.32 Å². The van der Waals surface area contributed by atoms with Gasteiger partial charge in [-0.05, 0) is 41.8 Å². The van der Waals surface area contributed by atoms with Crippen molar-refractivity contribution in [2.75, 3.05) is 0 Å². The van der Waals surface area contributed by atoms with Crippen LogP contribution in [0.25, 0.3) is 0 Å². The van der Waals surface area contributed by atoms with E-state index in [4.69, 9.17) is 16.3 Å². The molecule has 0 aliphatic heterocycles. The number of hydrogen-bond donors (Lipinski definition) is 1. The molecule has 1 atom stereocenters. The maximum Gasteiger partial charge on any atom is 0.407 e. The van der Waals surface area contributed by atoms with Crippen LogP contribution in [-0.4, -0.2) is 11.3 Å². The van der Waals surface area contributed by atoms with Gasteiger partial charge in [0, 0.05) is 5.56 Å². The third-order valence-electron chi connectivity index (χ3n) is 3.18. The van der Waals surface area contributed by atoms with E-state index in [0.29, 0.717) is 5.56 Å². The summed E-state index contributed by atoms with van der Waals surface area (Å²) in [6.07, 6.45) is -0.492. The molecule has 1 N–H and O–H groups in total. The Labute approximate surface area is 134 Å². The van der Waals surface area contributed by atoms with Gasteiger partial charge in [0.2, 0.25) is 0 Å². The second-order valence-electron chi connectivity index (χ2n) is 4.82. The lowest BCUT2D eigenvalue weighted by molar-refractivity contribution is 0.108. The van der Waals surface area contributed by atoms with Gasteiger partial charge in [0.25, 0.3) is 5.24 Å². The Morgan fingerprint density at radius 3 is 2.32 bits per heavy atom. The molecule has 0 spiro atoms. The molecule has 0 saturated carbocycles. The standard InChI is InChI=1S/C17H16ClNO3/c1-12(14-7-9-15(10-8-14)16(18)20)19-17(21)22-11-13-5-3-2-4-6-13/h2-10,12H,11H2,1H3,(H,19,21)/t12-/m1/s1. The van der Waals surface area contributed by atoms with Crippen LogP contribution in [-0.2, 0) is 11.3 Å². The van der Waals surface area contributed by atoms with Crippen LogP contribution in [0.1, 0.15) is 34.5 Å². The van der Waals surface area contributed by atoms with Crippen LogP contribution in [0.4, 0.5) is 4.79 Å². The quantitative estimate of drug-likeness (QED) is 0.846. The van der Waals surface area contributed by atoms with Crippen LogP contribution >= 0.6 is 11.6 Å². The molecule has 0 heterocycles. The van der Waals surface area contributed by atoms with Crippen LogP contribution in [0.3, 0.4) is 0 Å². The van der Waals surface area contributed by atoms with E-state index in [-0.39, 0.29) is 12.6 Å². The molecule has 0 unspecified atom stereocenters. The third-order valence-corrected chi connectivity index (χ3v) is 3.40. The second-order valence-corrected chi connectivity index (χ2v) is 5.17. The summed E-state index contributed by atoms with van der Waals surface area (Å²) in [6, 6.07) is 16.0. The fourth-order valence-corrected chi connectivity index (χ4v) is 2.05. The summed E-state index contributed by atoms with van der Waals surface area (Å²) in [5.41, 5.74) is 2.21. The summed E-state index contributed by atoms with van der Waals surface area (Å²) in [5, 5.41) is 2.23. The highest BCUT2D eigenvalue weighted by Gasteiger charge is 2.11. The Balaban J connectivity index is 1.86. The molecule has 0 radical (unpaired) electrons. The molecule has 22 heavy (non-hydrogen) atoms. The summed E-state index contributed by atoms with van der Waals surface area (Å²) in [6.45, 7) is 2.06. The molecule has 2 rings (SSSR count). The molecule has 0 aromatic heterocycles. The molecule has 0 saturated heterocycles. The number of halogens is 1. The number of carbonyl (C=O) groups excluding carboxylic acids is 2. The molecule has 1 amide bonds. The van der Waals surface area contributed by atoms with E-state index >= 15 is 0 Å². The molecule has 114 valence electrons. The van der Waals surface area contributed by atoms with E-state index in [1.807, 2.05) is 37.3 Å². The number of hydrogen-bond acceptors (Lipinski definition) is 3. The van der Waals surface area contributed by atoms with Gasteiger partial charge < -0.3 is 10.1 Å².